The molecule has 1 rings (SSSR count). The van der Waals surface area contributed by atoms with Crippen molar-refractivity contribution in [1.82, 2.24) is 0 Å². The van der Waals surface area contributed by atoms with Crippen LogP contribution in [0.1, 0.15) is 10.4 Å². The Morgan fingerprint density at radius 2 is 1.85 bits per heavy atom. The zero-order valence-corrected chi connectivity index (χ0v) is 10.9. The predicted octanol–water partition coefficient (Wildman–Crippen LogP) is 2.78. The Balaban J connectivity index is 3.53. The molecule has 0 bridgehead atoms. The molecule has 3 nitrogen and oxygen atoms in total. The van der Waals surface area contributed by atoms with Gasteiger partial charge in [0.1, 0.15) is 5.75 Å². The van der Waals surface area contributed by atoms with Crippen molar-refractivity contribution >= 4 is 53.7 Å². The standard InChI is InChI=1S/C7H4Br3NO2/c8-2-1-3(9)6(12)5(10)4(2)7(11)13/h1,12H,(H2,11,13). The van der Waals surface area contributed by atoms with Gasteiger partial charge in [0.2, 0.25) is 0 Å². The van der Waals surface area contributed by atoms with E-state index in [-0.39, 0.29) is 15.8 Å². The summed E-state index contributed by atoms with van der Waals surface area (Å²) in [5.41, 5.74) is 5.33. The van der Waals surface area contributed by atoms with Crippen LogP contribution in [-0.2, 0) is 0 Å². The highest BCUT2D eigenvalue weighted by molar-refractivity contribution is 9.11. The average Bonchev–Trinajstić information content (AvgIpc) is 1.99. The quantitative estimate of drug-likeness (QED) is 0.795. The third kappa shape index (κ3) is 2.05. The van der Waals surface area contributed by atoms with Gasteiger partial charge in [-0.3, -0.25) is 4.79 Å². The molecule has 0 aromatic heterocycles. The monoisotopic (exact) mass is 371 g/mol. The van der Waals surface area contributed by atoms with E-state index in [4.69, 9.17) is 5.73 Å². The molecule has 70 valence electrons. The SMILES string of the molecule is NC(=O)c1c(Br)cc(Br)c(O)c1Br. The van der Waals surface area contributed by atoms with E-state index < -0.39 is 5.91 Å². The van der Waals surface area contributed by atoms with Crippen LogP contribution in [0.5, 0.6) is 5.75 Å². The van der Waals surface area contributed by atoms with Gasteiger partial charge in [0, 0.05) is 4.47 Å². The van der Waals surface area contributed by atoms with E-state index in [0.29, 0.717) is 8.95 Å². The molecule has 0 fully saturated rings. The van der Waals surface area contributed by atoms with Crippen molar-refractivity contribution in [3.05, 3.63) is 25.0 Å². The second-order valence-corrected chi connectivity index (χ2v) is 4.74. The van der Waals surface area contributed by atoms with Gasteiger partial charge in [0.15, 0.2) is 0 Å². The molecule has 0 radical (unpaired) electrons. The molecule has 0 heterocycles. The topological polar surface area (TPSA) is 63.3 Å². The van der Waals surface area contributed by atoms with E-state index in [2.05, 4.69) is 47.8 Å². The van der Waals surface area contributed by atoms with Crippen LogP contribution < -0.4 is 5.73 Å². The first-order valence-electron chi connectivity index (χ1n) is 3.11. The lowest BCUT2D eigenvalue weighted by molar-refractivity contribution is 0.0998. The van der Waals surface area contributed by atoms with Crippen LogP contribution in [-0.4, -0.2) is 11.0 Å². The Bertz CT molecular complexity index is 378. The number of phenolic OH excluding ortho intramolecular Hbond substituents is 1. The molecule has 0 saturated heterocycles. The van der Waals surface area contributed by atoms with E-state index in [1.54, 1.807) is 6.07 Å². The molecule has 0 aliphatic rings. The summed E-state index contributed by atoms with van der Waals surface area (Å²) in [7, 11) is 0. The minimum atomic E-state index is -0.610. The molecule has 1 amide bonds. The zero-order valence-electron chi connectivity index (χ0n) is 6.14. The van der Waals surface area contributed by atoms with Gasteiger partial charge in [-0.1, -0.05) is 0 Å². The minimum absolute atomic E-state index is 0.0444. The number of rotatable bonds is 1. The molecule has 1 aromatic carbocycles. The maximum atomic E-state index is 10.9. The molecule has 0 unspecified atom stereocenters. The molecule has 3 N–H and O–H groups in total. The van der Waals surface area contributed by atoms with E-state index in [0.717, 1.165) is 0 Å². The minimum Gasteiger partial charge on any atom is -0.506 e. The number of hydrogen-bond donors (Lipinski definition) is 2. The number of carbonyl (C=O) groups excluding carboxylic acids is 1. The van der Waals surface area contributed by atoms with E-state index in [1.807, 2.05) is 0 Å². The molecule has 6 heteroatoms. The molecule has 0 aliphatic carbocycles. The average molecular weight is 374 g/mol. The lowest BCUT2D eigenvalue weighted by atomic mass is 10.2. The second kappa shape index (κ2) is 3.98. The number of phenols is 1. The number of primary amides is 1. The summed E-state index contributed by atoms with van der Waals surface area (Å²) in [6.45, 7) is 0. The van der Waals surface area contributed by atoms with Crippen LogP contribution in [0.15, 0.2) is 19.5 Å². The highest BCUT2D eigenvalue weighted by Gasteiger charge is 2.16. The van der Waals surface area contributed by atoms with Crippen molar-refractivity contribution in [2.75, 3.05) is 0 Å². The summed E-state index contributed by atoms with van der Waals surface area (Å²) in [5.74, 6) is -0.654. The highest BCUT2D eigenvalue weighted by atomic mass is 79.9. The zero-order chi connectivity index (χ0) is 10.2. The van der Waals surface area contributed by atoms with Crippen LogP contribution in [0.3, 0.4) is 0 Å². The van der Waals surface area contributed by atoms with Crippen LogP contribution in [0.25, 0.3) is 0 Å². The molecule has 13 heavy (non-hydrogen) atoms. The first kappa shape index (κ1) is 11.0. The largest absolute Gasteiger partial charge is 0.506 e. The molecular weight excluding hydrogens is 370 g/mol. The number of carbonyl (C=O) groups is 1. The summed E-state index contributed by atoms with van der Waals surface area (Å²) in [5, 5.41) is 9.44. The first-order valence-corrected chi connectivity index (χ1v) is 5.49. The normalized spacial score (nSPS) is 10.1. The Kier molecular flexibility index (Phi) is 3.37. The van der Waals surface area contributed by atoms with Crippen molar-refractivity contribution in [2.24, 2.45) is 5.73 Å². The number of nitrogens with two attached hydrogens (primary N) is 1. The first-order chi connectivity index (χ1) is 5.95. The van der Waals surface area contributed by atoms with Gasteiger partial charge in [-0.05, 0) is 53.9 Å². The van der Waals surface area contributed by atoms with E-state index >= 15 is 0 Å². The number of aromatic hydroxyl groups is 1. The lowest BCUT2D eigenvalue weighted by Gasteiger charge is -2.06. The van der Waals surface area contributed by atoms with Crippen LogP contribution in [0, 0.1) is 0 Å². The van der Waals surface area contributed by atoms with E-state index in [9.17, 15) is 9.90 Å². The molecular formula is C7H4Br3NO2. The third-order valence-electron chi connectivity index (χ3n) is 1.39. The van der Waals surface area contributed by atoms with Gasteiger partial charge in [-0.2, -0.15) is 0 Å². The van der Waals surface area contributed by atoms with Gasteiger partial charge in [-0.25, -0.2) is 0 Å². The fraction of sp³-hybridized carbons (Fsp3) is 0. The van der Waals surface area contributed by atoms with Crippen molar-refractivity contribution in [1.29, 1.82) is 0 Å². The molecule has 0 saturated carbocycles. The maximum absolute atomic E-state index is 10.9. The smallest absolute Gasteiger partial charge is 0.251 e. The summed E-state index contributed by atoms with van der Waals surface area (Å²) >= 11 is 9.35. The van der Waals surface area contributed by atoms with Crippen molar-refractivity contribution in [3.8, 4) is 5.75 Å². The third-order valence-corrected chi connectivity index (χ3v) is 3.39. The predicted molar refractivity (Wildman–Crippen MR) is 59.7 cm³/mol. The second-order valence-electron chi connectivity index (χ2n) is 2.24. The Morgan fingerprint density at radius 3 is 2.31 bits per heavy atom. The fourth-order valence-electron chi connectivity index (χ4n) is 0.806. The molecule has 0 aliphatic heterocycles. The van der Waals surface area contributed by atoms with Gasteiger partial charge >= 0.3 is 0 Å². The Morgan fingerprint density at radius 1 is 1.31 bits per heavy atom. The summed E-state index contributed by atoms with van der Waals surface area (Å²) < 4.78 is 1.29. The maximum Gasteiger partial charge on any atom is 0.251 e. The fourth-order valence-corrected chi connectivity index (χ4v) is 3.32. The van der Waals surface area contributed by atoms with Gasteiger partial charge in [-0.15, -0.1) is 0 Å². The van der Waals surface area contributed by atoms with Gasteiger partial charge in [0.25, 0.3) is 5.91 Å². The summed E-state index contributed by atoms with van der Waals surface area (Å²) in [4.78, 5) is 10.9. The summed E-state index contributed by atoms with van der Waals surface area (Å²) in [6.07, 6.45) is 0. The highest BCUT2D eigenvalue weighted by Crippen LogP contribution is 2.38. The van der Waals surface area contributed by atoms with Crippen LogP contribution in [0.2, 0.25) is 0 Å². The number of halogens is 3. The van der Waals surface area contributed by atoms with Crippen LogP contribution in [0.4, 0.5) is 0 Å². The van der Waals surface area contributed by atoms with Gasteiger partial charge in [0.05, 0.1) is 14.5 Å². The molecule has 0 spiro atoms. The van der Waals surface area contributed by atoms with Crippen molar-refractivity contribution in [3.63, 3.8) is 0 Å². The Hall–Kier alpha value is -0.0700. The Labute approximate surface area is 99.7 Å². The van der Waals surface area contributed by atoms with Gasteiger partial charge < -0.3 is 10.8 Å². The molecule has 0 atom stereocenters. The number of hydrogen-bond acceptors (Lipinski definition) is 2. The lowest BCUT2D eigenvalue weighted by Crippen LogP contribution is -2.12. The van der Waals surface area contributed by atoms with Crippen LogP contribution >= 0.6 is 47.8 Å². The summed E-state index contributed by atoms with van der Waals surface area (Å²) in [6, 6.07) is 1.56. The number of amides is 1. The molecule has 1 aromatic rings. The van der Waals surface area contributed by atoms with Crippen molar-refractivity contribution in [2.45, 2.75) is 0 Å². The number of benzene rings is 1. The van der Waals surface area contributed by atoms with E-state index in [1.165, 1.54) is 0 Å². The van der Waals surface area contributed by atoms with Crippen molar-refractivity contribution < 1.29 is 9.90 Å².